The van der Waals surface area contributed by atoms with Crippen molar-refractivity contribution in [3.8, 4) is 0 Å². The minimum atomic E-state index is -0.823. The first-order valence-corrected chi connectivity index (χ1v) is 13.9. The highest BCUT2D eigenvalue weighted by molar-refractivity contribution is 5.82. The van der Waals surface area contributed by atoms with E-state index in [2.05, 4.69) is 10.6 Å². The topological polar surface area (TPSA) is 184 Å². The van der Waals surface area contributed by atoms with Crippen LogP contribution in [-0.4, -0.2) is 76.5 Å². The number of hydrogen-bond acceptors (Lipinski definition) is 11. The number of ether oxygens (including phenoxy) is 4. The summed E-state index contributed by atoms with van der Waals surface area (Å²) in [5.41, 5.74) is -2.43. The molecule has 246 valence electrons. The van der Waals surface area contributed by atoms with E-state index in [-0.39, 0.29) is 12.8 Å². The number of alkyl carbamates (subject to hydrolysis) is 2. The lowest BCUT2D eigenvalue weighted by Gasteiger charge is -2.26. The summed E-state index contributed by atoms with van der Waals surface area (Å²) >= 11 is 0. The van der Waals surface area contributed by atoms with Gasteiger partial charge in [0.15, 0.2) is 0 Å². The second-order valence-electron chi connectivity index (χ2n) is 13.2. The maximum Gasteiger partial charge on any atom is 0.408 e. The highest BCUT2D eigenvalue weighted by Gasteiger charge is 2.29. The van der Waals surface area contributed by atoms with E-state index in [4.69, 9.17) is 33.6 Å². The number of esters is 2. The minimum absolute atomic E-state index is 0.0602. The monoisotopic (exact) mass is 606 g/mol. The van der Waals surface area contributed by atoms with E-state index in [9.17, 15) is 19.2 Å². The maximum absolute atomic E-state index is 12.0. The van der Waals surface area contributed by atoms with Crippen molar-refractivity contribution in [1.29, 1.82) is 0 Å². The summed E-state index contributed by atoms with van der Waals surface area (Å²) in [4.78, 5) is 63.6. The Hall–Kier alpha value is -3.18. The van der Waals surface area contributed by atoms with E-state index in [1.807, 2.05) is 6.92 Å². The van der Waals surface area contributed by atoms with Gasteiger partial charge in [-0.1, -0.05) is 13.3 Å². The number of nitrogens with one attached hydrogen (secondary N) is 2. The third-order valence-electron chi connectivity index (χ3n) is 3.99. The zero-order valence-electron chi connectivity index (χ0n) is 27.7. The van der Waals surface area contributed by atoms with Gasteiger partial charge in [0.1, 0.15) is 34.5 Å². The van der Waals surface area contributed by atoms with Gasteiger partial charge in [-0.25, -0.2) is 19.2 Å². The largest absolute Gasteiger partial charge is 0.458 e. The Morgan fingerprint density at radius 1 is 0.619 bits per heavy atom. The first kappa shape index (κ1) is 43.3. The molecule has 0 bridgehead atoms. The molecule has 0 fully saturated rings. The SMILES string of the molecule is CC(C)(C)OC(=O)N[C@@H](CCCO)C(=O)OC(C)(C)C.CCC[C@H](NC(=O)OC(C)(C)C)C(=O)OC(C)(C)C.O=C=O. The number of carbonyl (C=O) groups is 4. The normalized spacial score (nSPS) is 12.8. The smallest absolute Gasteiger partial charge is 0.408 e. The second kappa shape index (κ2) is 19.9. The van der Waals surface area contributed by atoms with Crippen LogP contribution in [0.3, 0.4) is 0 Å². The standard InChI is InChI=1S/C14H27NO5.C14H27NO4.CO2/c1-13(2,3)19-11(17)10(8-7-9-16)15-12(18)20-14(4,5)6;1-8-9-10(11(16)18-13(2,3)4)15-12(17)19-14(5,6)7;2-1-3/h10,16H,7-9H2,1-6H3,(H,15,18);10H,8-9H2,1-7H3,(H,15,17);/t2*10-;/m00./s1. The number of amides is 2. The van der Waals surface area contributed by atoms with Crippen molar-refractivity contribution in [2.75, 3.05) is 6.61 Å². The van der Waals surface area contributed by atoms with E-state index in [1.165, 1.54) is 0 Å². The molecular formula is C29H54N2O11. The van der Waals surface area contributed by atoms with Gasteiger partial charge in [0.2, 0.25) is 0 Å². The third kappa shape index (κ3) is 29.8. The van der Waals surface area contributed by atoms with Crippen LogP contribution in [0.5, 0.6) is 0 Å². The van der Waals surface area contributed by atoms with Crippen molar-refractivity contribution < 1.29 is 52.8 Å². The van der Waals surface area contributed by atoms with Crippen LogP contribution < -0.4 is 10.6 Å². The maximum atomic E-state index is 12.0. The molecule has 0 heterocycles. The molecule has 42 heavy (non-hydrogen) atoms. The summed E-state index contributed by atoms with van der Waals surface area (Å²) in [6.07, 6.45) is 0.946. The van der Waals surface area contributed by atoms with E-state index in [0.29, 0.717) is 19.3 Å². The van der Waals surface area contributed by atoms with Crippen LogP contribution in [0.25, 0.3) is 0 Å². The molecule has 0 aliphatic carbocycles. The van der Waals surface area contributed by atoms with Crippen LogP contribution >= 0.6 is 0 Å². The molecule has 0 aromatic rings. The Balaban J connectivity index is -0.000000662. The molecule has 13 heteroatoms. The lowest BCUT2D eigenvalue weighted by Crippen LogP contribution is -2.46. The zero-order chi connectivity index (χ0) is 33.9. The van der Waals surface area contributed by atoms with Crippen LogP contribution in [-0.2, 0) is 38.1 Å². The molecule has 0 radical (unpaired) electrons. The van der Waals surface area contributed by atoms with E-state index >= 15 is 0 Å². The molecule has 0 spiro atoms. The molecule has 2 amide bonds. The highest BCUT2D eigenvalue weighted by Crippen LogP contribution is 2.14. The minimum Gasteiger partial charge on any atom is -0.458 e. The Morgan fingerprint density at radius 2 is 0.905 bits per heavy atom. The van der Waals surface area contributed by atoms with Crippen molar-refractivity contribution >= 4 is 30.3 Å². The first-order valence-electron chi connectivity index (χ1n) is 13.9. The third-order valence-corrected chi connectivity index (χ3v) is 3.99. The predicted molar refractivity (Wildman–Crippen MR) is 154 cm³/mol. The Bertz CT molecular complexity index is 855. The molecule has 13 nitrogen and oxygen atoms in total. The lowest BCUT2D eigenvalue weighted by atomic mass is 10.1. The van der Waals surface area contributed by atoms with Gasteiger partial charge in [-0.05, 0) is 102 Å². The van der Waals surface area contributed by atoms with E-state index < -0.39 is 58.6 Å². The van der Waals surface area contributed by atoms with Crippen molar-refractivity contribution in [2.45, 2.75) is 150 Å². The molecule has 0 aromatic heterocycles. The van der Waals surface area contributed by atoms with E-state index in [0.717, 1.165) is 6.42 Å². The summed E-state index contributed by atoms with van der Waals surface area (Å²) in [6, 6.07) is -1.49. The Labute approximate surface area is 250 Å². The van der Waals surface area contributed by atoms with Crippen molar-refractivity contribution in [3.63, 3.8) is 0 Å². The van der Waals surface area contributed by atoms with Crippen LogP contribution in [0.1, 0.15) is 116 Å². The van der Waals surface area contributed by atoms with Crippen LogP contribution in [0.2, 0.25) is 0 Å². The molecule has 2 atom stereocenters. The van der Waals surface area contributed by atoms with Crippen molar-refractivity contribution in [2.24, 2.45) is 0 Å². The Morgan fingerprint density at radius 3 is 1.14 bits per heavy atom. The van der Waals surface area contributed by atoms with Gasteiger partial charge >= 0.3 is 30.3 Å². The molecule has 0 aliphatic heterocycles. The first-order chi connectivity index (χ1) is 18.8. The zero-order valence-corrected chi connectivity index (χ0v) is 27.7. The van der Waals surface area contributed by atoms with Gasteiger partial charge in [-0.2, -0.15) is 9.59 Å². The molecule has 0 saturated heterocycles. The average molecular weight is 607 g/mol. The van der Waals surface area contributed by atoms with Gasteiger partial charge in [0.05, 0.1) is 0 Å². The molecule has 0 saturated carbocycles. The van der Waals surface area contributed by atoms with Gasteiger partial charge in [0.25, 0.3) is 0 Å². The summed E-state index contributed by atoms with van der Waals surface area (Å²) in [5.74, 6) is -0.961. The molecule has 3 N–H and O–H groups in total. The van der Waals surface area contributed by atoms with Gasteiger partial charge in [-0.15, -0.1) is 0 Å². The molecule has 0 aromatic carbocycles. The van der Waals surface area contributed by atoms with Crippen LogP contribution in [0.4, 0.5) is 9.59 Å². The van der Waals surface area contributed by atoms with Gasteiger partial charge in [-0.3, -0.25) is 0 Å². The van der Waals surface area contributed by atoms with Gasteiger partial charge < -0.3 is 34.7 Å². The summed E-state index contributed by atoms with van der Waals surface area (Å²) in [5, 5.41) is 13.9. The lowest BCUT2D eigenvalue weighted by molar-refractivity contribution is -0.191. The molecule has 0 unspecified atom stereocenters. The van der Waals surface area contributed by atoms with Crippen molar-refractivity contribution in [3.05, 3.63) is 0 Å². The number of carbonyl (C=O) groups excluding carboxylic acids is 6. The summed E-state index contributed by atoms with van der Waals surface area (Å²) in [7, 11) is 0. The van der Waals surface area contributed by atoms with Crippen molar-refractivity contribution in [1.82, 2.24) is 10.6 Å². The fourth-order valence-electron chi connectivity index (χ4n) is 2.73. The summed E-state index contributed by atoms with van der Waals surface area (Å²) in [6.45, 7) is 23.0. The fraction of sp³-hybridized carbons (Fsp3) is 0.828. The van der Waals surface area contributed by atoms with Crippen LogP contribution in [0.15, 0.2) is 0 Å². The highest BCUT2D eigenvalue weighted by atomic mass is 16.6. The average Bonchev–Trinajstić information content (AvgIpc) is 2.72. The van der Waals surface area contributed by atoms with E-state index in [1.54, 1.807) is 83.1 Å². The Kier molecular flexibility index (Phi) is 20.5. The number of hydrogen-bond donors (Lipinski definition) is 3. The number of rotatable bonds is 9. The van der Waals surface area contributed by atoms with Crippen LogP contribution in [0, 0.1) is 0 Å². The second-order valence-corrected chi connectivity index (χ2v) is 13.2. The quantitative estimate of drug-likeness (QED) is 0.249. The van der Waals surface area contributed by atoms with Gasteiger partial charge in [0, 0.05) is 6.61 Å². The fourth-order valence-corrected chi connectivity index (χ4v) is 2.73. The summed E-state index contributed by atoms with van der Waals surface area (Å²) < 4.78 is 20.8. The number of aliphatic hydroxyl groups is 1. The predicted octanol–water partition coefficient (Wildman–Crippen LogP) is 4.43. The molecule has 0 aliphatic rings. The molecule has 0 rings (SSSR count). The molecular weight excluding hydrogens is 552 g/mol. The number of aliphatic hydroxyl groups excluding tert-OH is 1.